The van der Waals surface area contributed by atoms with E-state index in [4.69, 9.17) is 0 Å². The van der Waals surface area contributed by atoms with Gasteiger partial charge in [-0.1, -0.05) is 36.4 Å². The minimum atomic E-state index is -0.176. The van der Waals surface area contributed by atoms with Crippen molar-refractivity contribution in [2.75, 3.05) is 0 Å². The molecule has 1 N–H and O–H groups in total. The molecule has 0 saturated heterocycles. The van der Waals surface area contributed by atoms with E-state index in [0.29, 0.717) is 0 Å². The van der Waals surface area contributed by atoms with Gasteiger partial charge in [0, 0.05) is 28.4 Å². The van der Waals surface area contributed by atoms with Gasteiger partial charge in [0.05, 0.1) is 11.5 Å². The molecule has 1 atom stereocenters. The van der Waals surface area contributed by atoms with E-state index in [2.05, 4.69) is 79.2 Å². The van der Waals surface area contributed by atoms with Gasteiger partial charge in [0.25, 0.3) is 5.91 Å². The molecule has 3 aromatic rings. The average Bonchev–Trinajstić information content (AvgIpc) is 2.99. The van der Waals surface area contributed by atoms with Crippen LogP contribution < -0.4 is 5.43 Å². The van der Waals surface area contributed by atoms with Gasteiger partial charge in [-0.3, -0.25) is 4.79 Å². The van der Waals surface area contributed by atoms with Crippen LogP contribution in [0.2, 0.25) is 0 Å². The van der Waals surface area contributed by atoms with Crippen LogP contribution in [0, 0.1) is 27.7 Å². The van der Waals surface area contributed by atoms with Crippen molar-refractivity contribution in [3.8, 4) is 5.69 Å². The highest BCUT2D eigenvalue weighted by Crippen LogP contribution is 2.22. The van der Waals surface area contributed by atoms with Crippen molar-refractivity contribution in [1.82, 2.24) is 9.99 Å². The van der Waals surface area contributed by atoms with E-state index in [9.17, 15) is 4.79 Å². The maximum Gasteiger partial charge on any atom is 0.252 e. The normalized spacial score (nSPS) is 12.3. The van der Waals surface area contributed by atoms with Crippen molar-refractivity contribution < 1.29 is 4.79 Å². The lowest BCUT2D eigenvalue weighted by Gasteiger charge is -2.12. The molecule has 3 rings (SSSR count). The molecule has 0 fully saturated rings. The van der Waals surface area contributed by atoms with Crippen molar-refractivity contribution in [3.05, 3.63) is 88.2 Å². The Bertz CT molecular complexity index is 1030. The molecule has 5 heteroatoms. The van der Waals surface area contributed by atoms with Gasteiger partial charge in [0.2, 0.25) is 0 Å². The van der Waals surface area contributed by atoms with Crippen LogP contribution in [0.3, 0.4) is 0 Å². The lowest BCUT2D eigenvalue weighted by molar-refractivity contribution is -0.120. The number of hydrazone groups is 1. The molecule has 1 heterocycles. The van der Waals surface area contributed by atoms with Crippen LogP contribution in [0.25, 0.3) is 5.69 Å². The van der Waals surface area contributed by atoms with E-state index < -0.39 is 0 Å². The first-order valence-electron chi connectivity index (χ1n) is 10.1. The van der Waals surface area contributed by atoms with Crippen molar-refractivity contribution in [1.29, 1.82) is 0 Å². The Hall–Kier alpha value is -2.79. The number of aryl methyl sites for hydroxylation is 3. The quantitative estimate of drug-likeness (QED) is 0.407. The third-order valence-electron chi connectivity index (χ3n) is 5.03. The second kappa shape index (κ2) is 9.81. The smallest absolute Gasteiger partial charge is 0.252 e. The van der Waals surface area contributed by atoms with Crippen molar-refractivity contribution >= 4 is 23.9 Å². The number of amides is 1. The van der Waals surface area contributed by atoms with Gasteiger partial charge in [-0.05, 0) is 69.5 Å². The maximum atomic E-state index is 12.4. The first-order valence-corrected chi connectivity index (χ1v) is 11.2. The summed E-state index contributed by atoms with van der Waals surface area (Å²) in [4.78, 5) is 12.4. The Balaban J connectivity index is 1.64. The number of hydrogen-bond acceptors (Lipinski definition) is 3. The van der Waals surface area contributed by atoms with Gasteiger partial charge in [-0.15, -0.1) is 11.8 Å². The molecule has 0 saturated carbocycles. The summed E-state index contributed by atoms with van der Waals surface area (Å²) in [5, 5.41) is 4.03. The summed E-state index contributed by atoms with van der Waals surface area (Å²) in [6, 6.07) is 18.8. The minimum absolute atomic E-state index is 0.0877. The number of benzene rings is 2. The third-order valence-corrected chi connectivity index (χ3v) is 6.24. The second-order valence-corrected chi connectivity index (χ2v) is 9.01. The van der Waals surface area contributed by atoms with Crippen molar-refractivity contribution in [3.63, 3.8) is 0 Å². The van der Waals surface area contributed by atoms with E-state index in [-0.39, 0.29) is 11.2 Å². The average molecular weight is 420 g/mol. The zero-order valence-electron chi connectivity index (χ0n) is 18.3. The summed E-state index contributed by atoms with van der Waals surface area (Å²) in [5.41, 5.74) is 10.8. The van der Waals surface area contributed by atoms with E-state index in [1.54, 1.807) is 18.0 Å². The lowest BCUT2D eigenvalue weighted by atomic mass is 10.1. The summed E-state index contributed by atoms with van der Waals surface area (Å²) in [6.07, 6.45) is 1.73. The molecular formula is C25H29N3OS. The minimum Gasteiger partial charge on any atom is -0.318 e. The molecule has 0 unspecified atom stereocenters. The molecule has 1 amide bonds. The summed E-state index contributed by atoms with van der Waals surface area (Å²) in [6.45, 7) is 10.3. The van der Waals surface area contributed by atoms with Crippen LogP contribution in [0.4, 0.5) is 0 Å². The van der Waals surface area contributed by atoms with E-state index >= 15 is 0 Å². The van der Waals surface area contributed by atoms with Crippen molar-refractivity contribution in [2.24, 2.45) is 5.10 Å². The molecule has 0 aliphatic carbocycles. The molecule has 0 spiro atoms. The number of carbonyl (C=O) groups is 1. The Morgan fingerprint density at radius 2 is 1.73 bits per heavy atom. The Morgan fingerprint density at radius 3 is 2.40 bits per heavy atom. The van der Waals surface area contributed by atoms with Gasteiger partial charge < -0.3 is 4.57 Å². The molecule has 0 bridgehead atoms. The lowest BCUT2D eigenvalue weighted by Crippen LogP contribution is -2.27. The van der Waals surface area contributed by atoms with Crippen LogP contribution in [-0.2, 0) is 10.5 Å². The monoisotopic (exact) mass is 419 g/mol. The number of rotatable bonds is 7. The molecule has 156 valence electrons. The number of nitrogens with one attached hydrogen (secondary N) is 1. The fourth-order valence-electron chi connectivity index (χ4n) is 3.52. The first-order chi connectivity index (χ1) is 14.3. The van der Waals surface area contributed by atoms with Gasteiger partial charge in [0.1, 0.15) is 0 Å². The summed E-state index contributed by atoms with van der Waals surface area (Å²) < 4.78 is 2.22. The first kappa shape index (κ1) is 21.9. The van der Waals surface area contributed by atoms with Crippen LogP contribution in [0.5, 0.6) is 0 Å². The number of nitrogens with zero attached hydrogens (tertiary/aromatic N) is 2. The van der Waals surface area contributed by atoms with Crippen molar-refractivity contribution in [2.45, 2.75) is 45.6 Å². The molecule has 0 aliphatic heterocycles. The molecule has 30 heavy (non-hydrogen) atoms. The van der Waals surface area contributed by atoms with Crippen LogP contribution >= 0.6 is 11.8 Å². The van der Waals surface area contributed by atoms with Gasteiger partial charge in [-0.25, -0.2) is 5.43 Å². The fourth-order valence-corrected chi connectivity index (χ4v) is 4.36. The van der Waals surface area contributed by atoms with Gasteiger partial charge in [0.15, 0.2) is 0 Å². The maximum absolute atomic E-state index is 12.4. The molecule has 0 aliphatic rings. The standard InChI is InChI=1S/C25H29N3OS/c1-17-11-18(2)13-24(12-17)28-19(3)14-23(20(28)4)15-26-27-25(29)21(5)30-16-22-9-7-6-8-10-22/h6-15,21H,16H2,1-5H3,(H,27,29)/b26-15-/t21-/m0/s1. The molecule has 0 radical (unpaired) electrons. The summed E-state index contributed by atoms with van der Waals surface area (Å²) in [7, 11) is 0. The number of thioether (sulfide) groups is 1. The Kier molecular flexibility index (Phi) is 7.16. The third kappa shape index (κ3) is 5.42. The zero-order chi connectivity index (χ0) is 21.7. The zero-order valence-corrected chi connectivity index (χ0v) is 19.1. The highest BCUT2D eigenvalue weighted by molar-refractivity contribution is 7.99. The molecule has 4 nitrogen and oxygen atoms in total. The Morgan fingerprint density at radius 1 is 1.07 bits per heavy atom. The summed E-state index contributed by atoms with van der Waals surface area (Å²) in [5.74, 6) is 0.714. The Labute approximate surface area is 183 Å². The molecule has 1 aromatic heterocycles. The van der Waals surface area contributed by atoms with E-state index in [1.807, 2.05) is 25.1 Å². The van der Waals surface area contributed by atoms with Crippen LogP contribution in [-0.4, -0.2) is 21.9 Å². The van der Waals surface area contributed by atoms with Gasteiger partial charge in [-0.2, -0.15) is 5.10 Å². The SMILES string of the molecule is Cc1cc(C)cc(-n2c(C)cc(/C=N\NC(=O)[C@H](C)SCc3ccccc3)c2C)c1. The van der Waals surface area contributed by atoms with E-state index in [1.165, 1.54) is 16.7 Å². The highest BCUT2D eigenvalue weighted by atomic mass is 32.2. The second-order valence-electron chi connectivity index (χ2n) is 7.68. The predicted octanol–water partition coefficient (Wildman–Crippen LogP) is 5.48. The van der Waals surface area contributed by atoms with Crippen LogP contribution in [0.15, 0.2) is 59.7 Å². The largest absolute Gasteiger partial charge is 0.318 e. The predicted molar refractivity (Wildman–Crippen MR) is 128 cm³/mol. The molecule has 2 aromatic carbocycles. The topological polar surface area (TPSA) is 46.4 Å². The molecular weight excluding hydrogens is 390 g/mol. The van der Waals surface area contributed by atoms with Crippen LogP contribution in [0.1, 0.15) is 40.6 Å². The van der Waals surface area contributed by atoms with E-state index in [0.717, 1.165) is 28.4 Å². The number of aromatic nitrogens is 1. The number of carbonyl (C=O) groups excluding carboxylic acids is 1. The fraction of sp³-hybridized carbons (Fsp3) is 0.280. The summed E-state index contributed by atoms with van der Waals surface area (Å²) >= 11 is 1.60. The highest BCUT2D eigenvalue weighted by Gasteiger charge is 2.13. The van der Waals surface area contributed by atoms with Gasteiger partial charge >= 0.3 is 0 Å². The number of hydrogen-bond donors (Lipinski definition) is 1.